The summed E-state index contributed by atoms with van der Waals surface area (Å²) in [7, 11) is 0. The molecule has 1 N–H and O–H groups in total. The fourth-order valence-electron chi connectivity index (χ4n) is 1.52. The van der Waals surface area contributed by atoms with Gasteiger partial charge in [-0.05, 0) is 29.8 Å². The first kappa shape index (κ1) is 14.4. The number of hydrogen-bond acceptors (Lipinski definition) is 6. The van der Waals surface area contributed by atoms with Gasteiger partial charge >= 0.3 is 5.97 Å². The minimum Gasteiger partial charge on any atom is -0.462 e. The number of carbonyl (C=O) groups excluding carboxylic acids is 1. The molecule has 106 valence electrons. The maximum absolute atomic E-state index is 11.6. The van der Waals surface area contributed by atoms with Crippen molar-refractivity contribution in [3.8, 4) is 5.82 Å². The van der Waals surface area contributed by atoms with Crippen molar-refractivity contribution in [2.24, 2.45) is 0 Å². The number of hydrogen-bond donors (Lipinski definition) is 1. The number of esters is 1. The molecule has 0 amide bonds. The molecule has 0 fully saturated rings. The van der Waals surface area contributed by atoms with Crippen LogP contribution in [0, 0.1) is 0 Å². The summed E-state index contributed by atoms with van der Waals surface area (Å²) in [5.41, 5.74) is 0.377. The van der Waals surface area contributed by atoms with E-state index in [1.54, 1.807) is 19.3 Å². The standard InChI is InChI=1S/C12H14BrN5O2/c1-3-14-12-15-6-9(13)10(17-12)18-7-8(5-16-18)11(19)20-4-2/h5-7H,3-4H2,1-2H3,(H,14,15,17). The lowest BCUT2D eigenvalue weighted by Crippen LogP contribution is -2.07. The maximum Gasteiger partial charge on any atom is 0.341 e. The van der Waals surface area contributed by atoms with Gasteiger partial charge in [0.25, 0.3) is 0 Å². The van der Waals surface area contributed by atoms with Gasteiger partial charge in [0, 0.05) is 18.9 Å². The molecule has 0 aromatic carbocycles. The highest BCUT2D eigenvalue weighted by atomic mass is 79.9. The Balaban J connectivity index is 2.31. The molecule has 2 aromatic heterocycles. The van der Waals surface area contributed by atoms with Crippen molar-refractivity contribution in [2.45, 2.75) is 13.8 Å². The second-order valence-corrected chi connectivity index (χ2v) is 4.64. The summed E-state index contributed by atoms with van der Waals surface area (Å²) in [5.74, 6) is 0.640. The predicted octanol–water partition coefficient (Wildman–Crippen LogP) is 2.03. The highest BCUT2D eigenvalue weighted by Gasteiger charge is 2.13. The molecule has 2 aromatic rings. The number of rotatable bonds is 5. The van der Waals surface area contributed by atoms with Crippen molar-refractivity contribution in [1.82, 2.24) is 19.7 Å². The van der Waals surface area contributed by atoms with Crippen molar-refractivity contribution in [3.63, 3.8) is 0 Å². The molecule has 0 radical (unpaired) electrons. The lowest BCUT2D eigenvalue weighted by molar-refractivity contribution is 0.0526. The lowest BCUT2D eigenvalue weighted by atomic mass is 10.4. The first-order chi connectivity index (χ1) is 9.65. The van der Waals surface area contributed by atoms with E-state index in [4.69, 9.17) is 4.74 Å². The number of halogens is 1. The Labute approximate surface area is 124 Å². The molecule has 0 spiro atoms. The fraction of sp³-hybridized carbons (Fsp3) is 0.333. The van der Waals surface area contributed by atoms with Crippen LogP contribution in [-0.2, 0) is 4.74 Å². The summed E-state index contributed by atoms with van der Waals surface area (Å²) in [6.45, 7) is 4.75. The van der Waals surface area contributed by atoms with Crippen LogP contribution >= 0.6 is 15.9 Å². The van der Waals surface area contributed by atoms with Crippen LogP contribution < -0.4 is 5.32 Å². The second-order valence-electron chi connectivity index (χ2n) is 3.79. The Morgan fingerprint density at radius 1 is 1.45 bits per heavy atom. The van der Waals surface area contributed by atoms with E-state index in [1.165, 1.54) is 10.9 Å². The molecule has 8 heteroatoms. The minimum atomic E-state index is -0.407. The number of nitrogens with zero attached hydrogens (tertiary/aromatic N) is 4. The largest absolute Gasteiger partial charge is 0.462 e. The van der Waals surface area contributed by atoms with E-state index in [-0.39, 0.29) is 0 Å². The van der Waals surface area contributed by atoms with Gasteiger partial charge in [0.05, 0.1) is 22.8 Å². The zero-order valence-electron chi connectivity index (χ0n) is 11.1. The third kappa shape index (κ3) is 3.13. The molecule has 20 heavy (non-hydrogen) atoms. The molecule has 0 aliphatic rings. The fourth-order valence-corrected chi connectivity index (χ4v) is 1.89. The van der Waals surface area contributed by atoms with E-state index in [1.807, 2.05) is 6.92 Å². The molecule has 0 saturated carbocycles. The van der Waals surface area contributed by atoms with Crippen LogP contribution in [0.5, 0.6) is 0 Å². The van der Waals surface area contributed by atoms with Gasteiger partial charge in [0.1, 0.15) is 0 Å². The van der Waals surface area contributed by atoms with Crippen molar-refractivity contribution >= 4 is 27.8 Å². The average molecular weight is 340 g/mol. The molecular weight excluding hydrogens is 326 g/mol. The molecule has 0 saturated heterocycles. The van der Waals surface area contributed by atoms with Crippen molar-refractivity contribution in [1.29, 1.82) is 0 Å². The second kappa shape index (κ2) is 6.47. The summed E-state index contributed by atoms with van der Waals surface area (Å²) < 4.78 is 7.10. The van der Waals surface area contributed by atoms with Gasteiger partial charge in [-0.15, -0.1) is 0 Å². The topological polar surface area (TPSA) is 81.9 Å². The maximum atomic E-state index is 11.6. The van der Waals surface area contributed by atoms with Crippen LogP contribution in [0.2, 0.25) is 0 Å². The molecule has 2 heterocycles. The SMILES string of the molecule is CCNc1ncc(Br)c(-n2cc(C(=O)OCC)cn2)n1. The van der Waals surface area contributed by atoms with Gasteiger partial charge in [-0.2, -0.15) is 10.1 Å². The first-order valence-electron chi connectivity index (χ1n) is 6.14. The van der Waals surface area contributed by atoms with E-state index < -0.39 is 5.97 Å². The number of aromatic nitrogens is 4. The predicted molar refractivity (Wildman–Crippen MR) is 77.0 cm³/mol. The van der Waals surface area contributed by atoms with Crippen molar-refractivity contribution in [3.05, 3.63) is 28.6 Å². The van der Waals surface area contributed by atoms with Crippen LogP contribution in [0.25, 0.3) is 5.82 Å². The number of carbonyl (C=O) groups is 1. The molecule has 0 aliphatic heterocycles. The molecule has 0 aliphatic carbocycles. The van der Waals surface area contributed by atoms with Gasteiger partial charge in [0.2, 0.25) is 5.95 Å². The van der Waals surface area contributed by atoms with Crippen LogP contribution in [-0.4, -0.2) is 38.9 Å². The van der Waals surface area contributed by atoms with Gasteiger partial charge in [-0.3, -0.25) is 0 Å². The Kier molecular flexibility index (Phi) is 4.67. The quantitative estimate of drug-likeness (QED) is 0.839. The summed E-state index contributed by atoms with van der Waals surface area (Å²) in [5, 5.41) is 7.14. The highest BCUT2D eigenvalue weighted by Crippen LogP contribution is 2.19. The van der Waals surface area contributed by atoms with Crippen LogP contribution in [0.1, 0.15) is 24.2 Å². The summed E-state index contributed by atoms with van der Waals surface area (Å²) >= 11 is 3.37. The van der Waals surface area contributed by atoms with Gasteiger partial charge in [-0.25, -0.2) is 14.5 Å². The van der Waals surface area contributed by atoms with Gasteiger partial charge < -0.3 is 10.1 Å². The monoisotopic (exact) mass is 339 g/mol. The molecule has 0 bridgehead atoms. The van der Waals surface area contributed by atoms with Crippen LogP contribution in [0.15, 0.2) is 23.1 Å². The Bertz CT molecular complexity index is 614. The average Bonchev–Trinajstić information content (AvgIpc) is 2.91. The third-order valence-corrected chi connectivity index (χ3v) is 2.93. The molecule has 0 unspecified atom stereocenters. The van der Waals surface area contributed by atoms with Crippen LogP contribution in [0.4, 0.5) is 5.95 Å². The van der Waals surface area contributed by atoms with Gasteiger partial charge in [0.15, 0.2) is 5.82 Å². The number of ether oxygens (including phenoxy) is 1. The van der Waals surface area contributed by atoms with E-state index >= 15 is 0 Å². The number of anilines is 1. The van der Waals surface area contributed by atoms with E-state index in [0.29, 0.717) is 35.0 Å². The van der Waals surface area contributed by atoms with Gasteiger partial charge in [-0.1, -0.05) is 0 Å². The zero-order chi connectivity index (χ0) is 14.5. The van der Waals surface area contributed by atoms with E-state index in [0.717, 1.165) is 0 Å². The normalized spacial score (nSPS) is 10.3. The molecule has 2 rings (SSSR count). The first-order valence-corrected chi connectivity index (χ1v) is 6.93. The van der Waals surface area contributed by atoms with Crippen molar-refractivity contribution in [2.75, 3.05) is 18.5 Å². The third-order valence-electron chi connectivity index (χ3n) is 2.37. The summed E-state index contributed by atoms with van der Waals surface area (Å²) in [6.07, 6.45) is 4.65. The summed E-state index contributed by atoms with van der Waals surface area (Å²) in [6, 6.07) is 0. The highest BCUT2D eigenvalue weighted by molar-refractivity contribution is 9.10. The minimum absolute atomic E-state index is 0.325. The van der Waals surface area contributed by atoms with Crippen LogP contribution in [0.3, 0.4) is 0 Å². The summed E-state index contributed by atoms with van der Waals surface area (Å²) in [4.78, 5) is 20.1. The zero-order valence-corrected chi connectivity index (χ0v) is 12.7. The Hall–Kier alpha value is -1.96. The molecule has 7 nitrogen and oxygen atoms in total. The lowest BCUT2D eigenvalue weighted by Gasteiger charge is -2.06. The Morgan fingerprint density at radius 3 is 2.95 bits per heavy atom. The van der Waals surface area contributed by atoms with E-state index in [2.05, 4.69) is 36.3 Å². The van der Waals surface area contributed by atoms with Crippen molar-refractivity contribution < 1.29 is 9.53 Å². The molecule has 0 atom stereocenters. The Morgan fingerprint density at radius 2 is 2.25 bits per heavy atom. The van der Waals surface area contributed by atoms with E-state index in [9.17, 15) is 4.79 Å². The number of nitrogens with one attached hydrogen (secondary N) is 1. The molecular formula is C12H14BrN5O2. The smallest absolute Gasteiger partial charge is 0.341 e.